The highest BCUT2D eigenvalue weighted by Crippen LogP contribution is 2.32. The van der Waals surface area contributed by atoms with Crippen molar-refractivity contribution in [3.8, 4) is 5.75 Å². The Kier molecular flexibility index (Phi) is 2.47. The van der Waals surface area contributed by atoms with Crippen molar-refractivity contribution in [1.82, 2.24) is 5.48 Å². The fraction of sp³-hybridized carbons (Fsp3) is 0. The van der Waals surface area contributed by atoms with Crippen LogP contribution in [0.3, 0.4) is 0 Å². The number of carbonyl (C=O) groups excluding carboxylic acids is 1. The van der Waals surface area contributed by atoms with E-state index >= 15 is 0 Å². The Morgan fingerprint density at radius 1 is 1.47 bits per heavy atom. The number of allylic oxidation sites excluding steroid dienone is 1. The van der Waals surface area contributed by atoms with Crippen molar-refractivity contribution in [3.05, 3.63) is 36.1 Å². The summed E-state index contributed by atoms with van der Waals surface area (Å²) in [5, 5.41) is 8.55. The lowest BCUT2D eigenvalue weighted by atomic mass is 10.1. The van der Waals surface area contributed by atoms with Gasteiger partial charge in [0, 0.05) is 6.21 Å². The third-order valence-electron chi connectivity index (χ3n) is 1.91. The molecule has 0 bridgehead atoms. The maximum absolute atomic E-state index is 11.3. The molecule has 2 N–H and O–H groups in total. The smallest absolute Gasteiger partial charge is 0.276 e. The number of hydroxylamine groups is 1. The van der Waals surface area contributed by atoms with Crippen molar-refractivity contribution in [1.29, 1.82) is 0 Å². The normalized spacial score (nSPS) is 12.6. The lowest BCUT2D eigenvalue weighted by molar-refractivity contribution is 0.0707. The van der Waals surface area contributed by atoms with Crippen LogP contribution < -0.4 is 10.2 Å². The largest absolute Gasteiger partial charge is 0.463 e. The monoisotopic (exact) mass is 204 g/mol. The van der Waals surface area contributed by atoms with E-state index in [0.717, 1.165) is 0 Å². The molecule has 0 radical (unpaired) electrons. The second-order valence-corrected chi connectivity index (χ2v) is 2.82. The molecule has 5 nitrogen and oxygen atoms in total. The molecule has 5 heteroatoms. The first-order valence-corrected chi connectivity index (χ1v) is 4.26. The SMILES string of the molecule is O=C(NO)c1cccc2c1N=CC=CO2. The summed E-state index contributed by atoms with van der Waals surface area (Å²) in [5.41, 5.74) is 2.22. The third kappa shape index (κ3) is 1.72. The van der Waals surface area contributed by atoms with Crippen LogP contribution in [-0.2, 0) is 0 Å². The van der Waals surface area contributed by atoms with Crippen LogP contribution in [0, 0.1) is 0 Å². The second-order valence-electron chi connectivity index (χ2n) is 2.82. The number of nitrogens with one attached hydrogen (secondary N) is 1. The molecule has 0 unspecified atom stereocenters. The predicted octanol–water partition coefficient (Wildman–Crippen LogP) is 1.41. The zero-order valence-corrected chi connectivity index (χ0v) is 7.68. The average Bonchev–Trinajstić information content (AvgIpc) is 2.52. The Bertz CT molecular complexity index is 452. The van der Waals surface area contributed by atoms with Crippen LogP contribution in [0.4, 0.5) is 5.69 Å². The summed E-state index contributed by atoms with van der Waals surface area (Å²) < 4.78 is 5.22. The first kappa shape index (κ1) is 9.42. The van der Waals surface area contributed by atoms with Gasteiger partial charge in [0.2, 0.25) is 0 Å². The quantitative estimate of drug-likeness (QED) is 0.536. The summed E-state index contributed by atoms with van der Waals surface area (Å²) in [6, 6.07) is 4.89. The number of benzene rings is 1. The van der Waals surface area contributed by atoms with Gasteiger partial charge >= 0.3 is 0 Å². The summed E-state index contributed by atoms with van der Waals surface area (Å²) >= 11 is 0. The molecule has 1 aliphatic heterocycles. The Labute approximate surface area is 85.7 Å². The van der Waals surface area contributed by atoms with Gasteiger partial charge in [-0.2, -0.15) is 0 Å². The molecule has 1 heterocycles. The van der Waals surface area contributed by atoms with Crippen LogP contribution in [0.25, 0.3) is 0 Å². The highest BCUT2D eigenvalue weighted by Gasteiger charge is 2.14. The van der Waals surface area contributed by atoms with Crippen molar-refractivity contribution in [2.45, 2.75) is 0 Å². The molecular weight excluding hydrogens is 196 g/mol. The minimum absolute atomic E-state index is 0.259. The molecule has 1 amide bonds. The van der Waals surface area contributed by atoms with Gasteiger partial charge < -0.3 is 4.74 Å². The minimum Gasteiger partial charge on any atom is -0.463 e. The number of para-hydroxylation sites is 1. The van der Waals surface area contributed by atoms with Crippen LogP contribution in [0.15, 0.2) is 35.5 Å². The van der Waals surface area contributed by atoms with Crippen molar-refractivity contribution in [2.75, 3.05) is 0 Å². The van der Waals surface area contributed by atoms with Gasteiger partial charge in [-0.1, -0.05) is 6.07 Å². The topological polar surface area (TPSA) is 70.9 Å². The van der Waals surface area contributed by atoms with E-state index in [1.807, 2.05) is 0 Å². The number of hydrogen-bond donors (Lipinski definition) is 2. The first-order chi connectivity index (χ1) is 7.33. The van der Waals surface area contributed by atoms with Crippen molar-refractivity contribution >= 4 is 17.8 Å². The molecule has 1 aliphatic rings. The van der Waals surface area contributed by atoms with Crippen LogP contribution in [0.2, 0.25) is 0 Å². The molecule has 1 aromatic carbocycles. The van der Waals surface area contributed by atoms with Gasteiger partial charge in [-0.05, 0) is 18.2 Å². The molecular formula is C10H8N2O3. The molecule has 0 aliphatic carbocycles. The maximum atomic E-state index is 11.3. The van der Waals surface area contributed by atoms with Crippen LogP contribution >= 0.6 is 0 Å². The number of hydrogen-bond acceptors (Lipinski definition) is 4. The number of rotatable bonds is 1. The lowest BCUT2D eigenvalue weighted by Crippen LogP contribution is -2.18. The number of nitrogens with zero attached hydrogens (tertiary/aromatic N) is 1. The molecule has 0 saturated heterocycles. The van der Waals surface area contributed by atoms with Gasteiger partial charge in [-0.15, -0.1) is 0 Å². The number of ether oxygens (including phenoxy) is 1. The Morgan fingerprint density at radius 2 is 2.33 bits per heavy atom. The predicted molar refractivity (Wildman–Crippen MR) is 53.6 cm³/mol. The fourth-order valence-corrected chi connectivity index (χ4v) is 1.26. The highest BCUT2D eigenvalue weighted by molar-refractivity contribution is 6.00. The fourth-order valence-electron chi connectivity index (χ4n) is 1.26. The molecule has 0 aromatic heterocycles. The van der Waals surface area contributed by atoms with Gasteiger partial charge in [-0.3, -0.25) is 15.0 Å². The first-order valence-electron chi connectivity index (χ1n) is 4.26. The molecule has 0 saturated carbocycles. The number of fused-ring (bicyclic) bond motifs is 1. The van der Waals surface area contributed by atoms with Crippen molar-refractivity contribution in [3.63, 3.8) is 0 Å². The highest BCUT2D eigenvalue weighted by atomic mass is 16.5. The zero-order chi connectivity index (χ0) is 10.7. The lowest BCUT2D eigenvalue weighted by Gasteiger charge is -2.07. The summed E-state index contributed by atoms with van der Waals surface area (Å²) in [4.78, 5) is 15.3. The number of amides is 1. The van der Waals surface area contributed by atoms with Gasteiger partial charge in [0.05, 0.1) is 11.8 Å². The van der Waals surface area contributed by atoms with Crippen LogP contribution in [-0.4, -0.2) is 17.3 Å². The summed E-state index contributed by atoms with van der Waals surface area (Å²) in [6.07, 6.45) is 4.59. The van der Waals surface area contributed by atoms with Crippen molar-refractivity contribution < 1.29 is 14.7 Å². The molecule has 0 atom stereocenters. The molecule has 2 rings (SSSR count). The van der Waals surface area contributed by atoms with Gasteiger partial charge in [0.15, 0.2) is 5.75 Å². The van der Waals surface area contributed by atoms with Crippen LogP contribution in [0.5, 0.6) is 5.75 Å². The molecule has 1 aromatic rings. The second kappa shape index (κ2) is 3.93. The standard InChI is InChI=1S/C10H8N2O3/c13-10(12-14)7-3-1-4-8-9(7)11-5-2-6-15-8/h1-6,14H,(H,12,13). The molecule has 76 valence electrons. The van der Waals surface area contributed by atoms with Gasteiger partial charge in [0.1, 0.15) is 5.69 Å². The molecule has 0 spiro atoms. The molecule has 15 heavy (non-hydrogen) atoms. The van der Waals surface area contributed by atoms with E-state index in [0.29, 0.717) is 11.4 Å². The summed E-state index contributed by atoms with van der Waals surface area (Å²) in [5.74, 6) is -0.143. The van der Waals surface area contributed by atoms with Crippen LogP contribution in [0.1, 0.15) is 10.4 Å². The van der Waals surface area contributed by atoms with Gasteiger partial charge in [-0.25, -0.2) is 5.48 Å². The van der Waals surface area contributed by atoms with E-state index in [2.05, 4.69) is 4.99 Å². The molecule has 0 fully saturated rings. The third-order valence-corrected chi connectivity index (χ3v) is 1.91. The average molecular weight is 204 g/mol. The number of carbonyl (C=O) groups is 1. The van der Waals surface area contributed by atoms with Crippen molar-refractivity contribution in [2.24, 2.45) is 4.99 Å². The van der Waals surface area contributed by atoms with E-state index in [4.69, 9.17) is 9.94 Å². The van der Waals surface area contributed by atoms with E-state index < -0.39 is 5.91 Å². The van der Waals surface area contributed by atoms with E-state index in [-0.39, 0.29) is 5.56 Å². The maximum Gasteiger partial charge on any atom is 0.276 e. The van der Waals surface area contributed by atoms with Gasteiger partial charge in [0.25, 0.3) is 5.91 Å². The zero-order valence-electron chi connectivity index (χ0n) is 7.68. The summed E-state index contributed by atoms with van der Waals surface area (Å²) in [7, 11) is 0. The van der Waals surface area contributed by atoms with E-state index in [1.165, 1.54) is 12.5 Å². The minimum atomic E-state index is -0.616. The van der Waals surface area contributed by atoms with E-state index in [9.17, 15) is 4.79 Å². The Morgan fingerprint density at radius 3 is 3.13 bits per heavy atom. The Hall–Kier alpha value is -2.14. The number of aliphatic imine (C=N–C) groups is 1. The summed E-state index contributed by atoms with van der Waals surface area (Å²) in [6.45, 7) is 0. The van der Waals surface area contributed by atoms with E-state index in [1.54, 1.807) is 29.8 Å². The Balaban J connectivity index is 2.54.